The van der Waals surface area contributed by atoms with Gasteiger partial charge in [0.1, 0.15) is 0 Å². The Hall–Kier alpha value is -1.84. The van der Waals surface area contributed by atoms with Gasteiger partial charge < -0.3 is 9.64 Å². The maximum atomic E-state index is 12.5. The van der Waals surface area contributed by atoms with Crippen LogP contribution in [0.2, 0.25) is 0 Å². The van der Waals surface area contributed by atoms with Crippen LogP contribution in [-0.4, -0.2) is 37.0 Å². The fourth-order valence-corrected chi connectivity index (χ4v) is 2.05. The number of nitrogens with zero attached hydrogens (tertiary/aromatic N) is 1. The molecule has 0 saturated heterocycles. The van der Waals surface area contributed by atoms with Crippen LogP contribution in [0, 0.1) is 0 Å². The summed E-state index contributed by atoms with van der Waals surface area (Å²) in [6.45, 7) is 6.29. The van der Waals surface area contributed by atoms with Crippen molar-refractivity contribution in [2.75, 3.05) is 20.2 Å². The fraction of sp³-hybridized carbons (Fsp3) is 0.500. The Balaban J connectivity index is 2.66. The molecule has 0 aliphatic rings. The summed E-state index contributed by atoms with van der Waals surface area (Å²) >= 11 is 0. The Labute approximate surface area is 120 Å². The first-order valence-electron chi connectivity index (χ1n) is 6.86. The second kappa shape index (κ2) is 7.08. The van der Waals surface area contributed by atoms with Crippen molar-refractivity contribution in [1.29, 1.82) is 0 Å². The molecule has 4 heteroatoms. The van der Waals surface area contributed by atoms with Crippen molar-refractivity contribution in [2.45, 2.75) is 32.6 Å². The number of esters is 1. The quantitative estimate of drug-likeness (QED) is 0.750. The number of ether oxygens (including phenoxy) is 1. The van der Waals surface area contributed by atoms with E-state index in [9.17, 15) is 9.59 Å². The Morgan fingerprint density at radius 1 is 1.20 bits per heavy atom. The molecule has 1 aromatic rings. The molecule has 1 aromatic carbocycles. The molecule has 1 rings (SSSR count). The van der Waals surface area contributed by atoms with Crippen LogP contribution < -0.4 is 0 Å². The lowest BCUT2D eigenvalue weighted by Crippen LogP contribution is -2.42. The standard InChI is InChI=1S/C16H23NO3/c1-5-20-14(18)11-12-17(4)15(19)16(2,3)13-9-7-6-8-10-13/h6-10H,5,11-12H2,1-4H3. The van der Waals surface area contributed by atoms with Crippen LogP contribution in [0.5, 0.6) is 0 Å². The van der Waals surface area contributed by atoms with Gasteiger partial charge in [-0.1, -0.05) is 30.3 Å². The summed E-state index contributed by atoms with van der Waals surface area (Å²) in [4.78, 5) is 25.4. The minimum absolute atomic E-state index is 0.00648. The number of carbonyl (C=O) groups excluding carboxylic acids is 2. The molecule has 4 nitrogen and oxygen atoms in total. The minimum atomic E-state index is -0.606. The van der Waals surface area contributed by atoms with Gasteiger partial charge in [0.2, 0.25) is 5.91 Å². The molecule has 0 aliphatic carbocycles. The van der Waals surface area contributed by atoms with E-state index >= 15 is 0 Å². The molecule has 0 fully saturated rings. The monoisotopic (exact) mass is 277 g/mol. The molecule has 0 saturated carbocycles. The van der Waals surface area contributed by atoms with Crippen LogP contribution in [0.25, 0.3) is 0 Å². The zero-order valence-electron chi connectivity index (χ0n) is 12.7. The summed E-state index contributed by atoms with van der Waals surface area (Å²) in [5, 5.41) is 0. The SMILES string of the molecule is CCOC(=O)CCN(C)C(=O)C(C)(C)c1ccccc1. The predicted octanol–water partition coefficient (Wildman–Crippen LogP) is 2.38. The van der Waals surface area contributed by atoms with E-state index in [4.69, 9.17) is 4.74 Å². The largest absolute Gasteiger partial charge is 0.466 e. The molecule has 0 N–H and O–H groups in total. The molecular weight excluding hydrogens is 254 g/mol. The van der Waals surface area contributed by atoms with E-state index in [0.717, 1.165) is 5.56 Å². The maximum Gasteiger partial charge on any atom is 0.307 e. The van der Waals surface area contributed by atoms with Crippen LogP contribution in [0.4, 0.5) is 0 Å². The van der Waals surface area contributed by atoms with Crippen molar-refractivity contribution in [3.63, 3.8) is 0 Å². The molecular formula is C16H23NO3. The number of benzene rings is 1. The Bertz CT molecular complexity index is 454. The molecule has 0 heterocycles. The van der Waals surface area contributed by atoms with Gasteiger partial charge >= 0.3 is 5.97 Å². The van der Waals surface area contributed by atoms with E-state index in [-0.39, 0.29) is 18.3 Å². The van der Waals surface area contributed by atoms with Crippen LogP contribution in [0.3, 0.4) is 0 Å². The van der Waals surface area contributed by atoms with Gasteiger partial charge in [-0.15, -0.1) is 0 Å². The van der Waals surface area contributed by atoms with Crippen LogP contribution in [-0.2, 0) is 19.7 Å². The first kappa shape index (κ1) is 16.2. The molecule has 20 heavy (non-hydrogen) atoms. The van der Waals surface area contributed by atoms with E-state index in [1.165, 1.54) is 0 Å². The highest BCUT2D eigenvalue weighted by atomic mass is 16.5. The van der Waals surface area contributed by atoms with E-state index in [2.05, 4.69) is 0 Å². The average molecular weight is 277 g/mol. The smallest absolute Gasteiger partial charge is 0.307 e. The Morgan fingerprint density at radius 2 is 1.80 bits per heavy atom. The number of rotatable bonds is 6. The molecule has 0 aliphatic heterocycles. The van der Waals surface area contributed by atoms with Gasteiger partial charge in [-0.25, -0.2) is 0 Å². The fourth-order valence-electron chi connectivity index (χ4n) is 2.05. The third-order valence-corrected chi connectivity index (χ3v) is 3.33. The van der Waals surface area contributed by atoms with Crippen molar-refractivity contribution >= 4 is 11.9 Å². The molecule has 1 amide bonds. The lowest BCUT2D eigenvalue weighted by atomic mass is 9.83. The summed E-state index contributed by atoms with van der Waals surface area (Å²) in [7, 11) is 1.71. The second-order valence-electron chi connectivity index (χ2n) is 5.27. The molecule has 110 valence electrons. The zero-order valence-corrected chi connectivity index (χ0v) is 12.7. The maximum absolute atomic E-state index is 12.5. The summed E-state index contributed by atoms with van der Waals surface area (Å²) in [5.41, 5.74) is 0.359. The number of carbonyl (C=O) groups is 2. The van der Waals surface area contributed by atoms with Crippen molar-refractivity contribution in [3.05, 3.63) is 35.9 Å². The molecule has 0 unspecified atom stereocenters. The summed E-state index contributed by atoms with van der Waals surface area (Å²) in [6.07, 6.45) is 0.223. The highest BCUT2D eigenvalue weighted by Gasteiger charge is 2.32. The van der Waals surface area contributed by atoms with Crippen LogP contribution in [0.1, 0.15) is 32.8 Å². The first-order chi connectivity index (χ1) is 9.39. The van der Waals surface area contributed by atoms with Gasteiger partial charge in [0.15, 0.2) is 0 Å². The first-order valence-corrected chi connectivity index (χ1v) is 6.86. The Kier molecular flexibility index (Phi) is 5.74. The lowest BCUT2D eigenvalue weighted by Gasteiger charge is -2.29. The van der Waals surface area contributed by atoms with Gasteiger partial charge in [0, 0.05) is 13.6 Å². The number of amides is 1. The average Bonchev–Trinajstić information content (AvgIpc) is 2.45. The summed E-state index contributed by atoms with van der Waals surface area (Å²) in [6, 6.07) is 9.65. The van der Waals surface area contributed by atoms with Crippen LogP contribution in [0.15, 0.2) is 30.3 Å². The van der Waals surface area contributed by atoms with Crippen molar-refractivity contribution in [2.24, 2.45) is 0 Å². The zero-order chi connectivity index (χ0) is 15.2. The van der Waals surface area contributed by atoms with E-state index in [1.807, 2.05) is 44.2 Å². The van der Waals surface area contributed by atoms with E-state index in [1.54, 1.807) is 18.9 Å². The highest BCUT2D eigenvalue weighted by molar-refractivity contribution is 5.87. The molecule has 0 radical (unpaired) electrons. The van der Waals surface area contributed by atoms with Gasteiger partial charge in [0.25, 0.3) is 0 Å². The minimum Gasteiger partial charge on any atom is -0.466 e. The van der Waals surface area contributed by atoms with Gasteiger partial charge in [-0.3, -0.25) is 9.59 Å². The number of hydrogen-bond donors (Lipinski definition) is 0. The normalized spacial score (nSPS) is 11.0. The summed E-state index contributed by atoms with van der Waals surface area (Å²) < 4.78 is 4.87. The van der Waals surface area contributed by atoms with Crippen LogP contribution >= 0.6 is 0 Å². The molecule has 0 bridgehead atoms. The van der Waals surface area contributed by atoms with Gasteiger partial charge in [0.05, 0.1) is 18.4 Å². The Morgan fingerprint density at radius 3 is 2.35 bits per heavy atom. The van der Waals surface area contributed by atoms with Crippen molar-refractivity contribution in [1.82, 2.24) is 4.90 Å². The molecule has 0 atom stereocenters. The predicted molar refractivity (Wildman–Crippen MR) is 78.4 cm³/mol. The van der Waals surface area contributed by atoms with Gasteiger partial charge in [-0.05, 0) is 26.3 Å². The summed E-state index contributed by atoms with van der Waals surface area (Å²) in [5.74, 6) is -0.280. The number of likely N-dealkylation sites (N-methyl/N-ethyl adjacent to an activating group) is 1. The van der Waals surface area contributed by atoms with Gasteiger partial charge in [-0.2, -0.15) is 0 Å². The second-order valence-corrected chi connectivity index (χ2v) is 5.27. The van der Waals surface area contributed by atoms with E-state index < -0.39 is 5.41 Å². The molecule has 0 spiro atoms. The van der Waals surface area contributed by atoms with Crippen molar-refractivity contribution in [3.8, 4) is 0 Å². The van der Waals surface area contributed by atoms with Crippen molar-refractivity contribution < 1.29 is 14.3 Å². The number of hydrogen-bond acceptors (Lipinski definition) is 3. The highest BCUT2D eigenvalue weighted by Crippen LogP contribution is 2.25. The third kappa shape index (κ3) is 4.08. The lowest BCUT2D eigenvalue weighted by molar-refractivity contribution is -0.144. The van der Waals surface area contributed by atoms with E-state index in [0.29, 0.717) is 13.2 Å². The molecule has 0 aromatic heterocycles. The topological polar surface area (TPSA) is 46.6 Å². The third-order valence-electron chi connectivity index (χ3n) is 3.33.